The Bertz CT molecular complexity index is 565. The number of carbonyl (C=O) groups is 1. The minimum atomic E-state index is -0.682. The number of aliphatic hydroxyl groups excluding tert-OH is 1. The summed E-state index contributed by atoms with van der Waals surface area (Å²) in [6.07, 6.45) is 1.51. The fourth-order valence-electron chi connectivity index (χ4n) is 2.29. The number of benzene rings is 1. The topological polar surface area (TPSA) is 83.7 Å². The van der Waals surface area contributed by atoms with E-state index in [4.69, 9.17) is 23.2 Å². The maximum Gasteiger partial charge on any atom is 0.290 e. The van der Waals surface area contributed by atoms with Crippen LogP contribution >= 0.6 is 23.2 Å². The molecular formula is C12H12Cl2N2O4. The molecule has 108 valence electrons. The van der Waals surface area contributed by atoms with Gasteiger partial charge in [-0.25, -0.2) is 0 Å². The van der Waals surface area contributed by atoms with Crippen molar-refractivity contribution >= 4 is 34.8 Å². The number of aliphatic hydroxyl groups is 1. The van der Waals surface area contributed by atoms with E-state index in [1.165, 1.54) is 11.0 Å². The monoisotopic (exact) mass is 318 g/mol. The lowest BCUT2D eigenvalue weighted by Gasteiger charge is -2.23. The molecule has 1 saturated heterocycles. The molecule has 1 heterocycles. The van der Waals surface area contributed by atoms with Crippen LogP contribution in [0.4, 0.5) is 5.69 Å². The molecule has 1 atom stereocenters. The molecule has 1 aromatic carbocycles. The summed E-state index contributed by atoms with van der Waals surface area (Å²) in [7, 11) is 0. The molecule has 1 aromatic rings. The van der Waals surface area contributed by atoms with Gasteiger partial charge < -0.3 is 10.0 Å². The third-order valence-corrected chi connectivity index (χ3v) is 4.09. The highest BCUT2D eigenvalue weighted by Gasteiger charge is 2.30. The normalized spacial score (nSPS) is 18.4. The number of likely N-dealkylation sites (tertiary alicyclic amines) is 1. The van der Waals surface area contributed by atoms with E-state index >= 15 is 0 Å². The molecule has 0 spiro atoms. The molecule has 0 aliphatic carbocycles. The van der Waals surface area contributed by atoms with Crippen LogP contribution in [-0.2, 0) is 0 Å². The first kappa shape index (κ1) is 15.0. The summed E-state index contributed by atoms with van der Waals surface area (Å²) < 4.78 is 0. The van der Waals surface area contributed by atoms with Gasteiger partial charge in [0.2, 0.25) is 0 Å². The predicted molar refractivity (Wildman–Crippen MR) is 74.3 cm³/mol. The lowest BCUT2D eigenvalue weighted by atomic mass is 10.1. The molecule has 0 saturated carbocycles. The van der Waals surface area contributed by atoms with E-state index in [1.54, 1.807) is 0 Å². The van der Waals surface area contributed by atoms with Crippen molar-refractivity contribution in [3.05, 3.63) is 37.9 Å². The zero-order valence-corrected chi connectivity index (χ0v) is 11.9. The van der Waals surface area contributed by atoms with Crippen LogP contribution in [0.2, 0.25) is 10.0 Å². The Morgan fingerprint density at radius 3 is 2.80 bits per heavy atom. The van der Waals surface area contributed by atoms with Crippen molar-refractivity contribution in [2.75, 3.05) is 13.2 Å². The van der Waals surface area contributed by atoms with Gasteiger partial charge in [0.15, 0.2) is 0 Å². The van der Waals surface area contributed by atoms with Gasteiger partial charge in [-0.15, -0.1) is 0 Å². The SMILES string of the molecule is O=C(c1cc(Cl)c(Cl)c([N+](=O)[O-])c1)N1CCC[C@@H]1CO. The summed E-state index contributed by atoms with van der Waals surface area (Å²) >= 11 is 11.6. The molecule has 1 N–H and O–H groups in total. The first-order valence-corrected chi connectivity index (χ1v) is 6.76. The van der Waals surface area contributed by atoms with Gasteiger partial charge in [-0.3, -0.25) is 14.9 Å². The number of carbonyl (C=O) groups excluding carboxylic acids is 1. The van der Waals surface area contributed by atoms with Gasteiger partial charge in [0.05, 0.1) is 22.6 Å². The molecule has 0 radical (unpaired) electrons. The average molecular weight is 319 g/mol. The van der Waals surface area contributed by atoms with Crippen molar-refractivity contribution in [1.82, 2.24) is 4.90 Å². The van der Waals surface area contributed by atoms with E-state index < -0.39 is 10.6 Å². The zero-order valence-electron chi connectivity index (χ0n) is 10.4. The Balaban J connectivity index is 2.37. The van der Waals surface area contributed by atoms with Crippen molar-refractivity contribution in [2.24, 2.45) is 0 Å². The summed E-state index contributed by atoms with van der Waals surface area (Å²) in [5.74, 6) is -0.386. The van der Waals surface area contributed by atoms with E-state index in [-0.39, 0.29) is 34.2 Å². The largest absolute Gasteiger partial charge is 0.394 e. The minimum absolute atomic E-state index is 0.0380. The first-order chi connectivity index (χ1) is 9.45. The number of nitro benzene ring substituents is 1. The average Bonchev–Trinajstić information content (AvgIpc) is 2.88. The van der Waals surface area contributed by atoms with Gasteiger partial charge in [0.1, 0.15) is 5.02 Å². The molecule has 0 unspecified atom stereocenters. The van der Waals surface area contributed by atoms with E-state index in [1.807, 2.05) is 0 Å². The van der Waals surface area contributed by atoms with Gasteiger partial charge in [-0.1, -0.05) is 23.2 Å². The summed E-state index contributed by atoms with van der Waals surface area (Å²) in [4.78, 5) is 24.1. The number of halogens is 2. The van der Waals surface area contributed by atoms with Crippen molar-refractivity contribution in [2.45, 2.75) is 18.9 Å². The van der Waals surface area contributed by atoms with Crippen LogP contribution in [0.5, 0.6) is 0 Å². The minimum Gasteiger partial charge on any atom is -0.394 e. The fraction of sp³-hybridized carbons (Fsp3) is 0.417. The van der Waals surface area contributed by atoms with Crippen molar-refractivity contribution in [3.8, 4) is 0 Å². The molecule has 6 nitrogen and oxygen atoms in total. The number of nitrogens with zero attached hydrogens (tertiary/aromatic N) is 2. The Labute approximate surface area is 125 Å². The molecule has 8 heteroatoms. The van der Waals surface area contributed by atoms with Gasteiger partial charge in [0.25, 0.3) is 11.6 Å². The molecule has 2 rings (SSSR count). The van der Waals surface area contributed by atoms with E-state index in [0.717, 1.165) is 12.5 Å². The highest BCUT2D eigenvalue weighted by Crippen LogP contribution is 2.34. The third kappa shape index (κ3) is 2.72. The molecule has 20 heavy (non-hydrogen) atoms. The molecule has 1 amide bonds. The molecular weight excluding hydrogens is 307 g/mol. The van der Waals surface area contributed by atoms with Crippen LogP contribution in [0.15, 0.2) is 12.1 Å². The van der Waals surface area contributed by atoms with Crippen LogP contribution < -0.4 is 0 Å². The Morgan fingerprint density at radius 1 is 1.50 bits per heavy atom. The second kappa shape index (κ2) is 5.95. The summed E-state index contributed by atoms with van der Waals surface area (Å²) in [5, 5.41) is 19.9. The van der Waals surface area contributed by atoms with E-state index in [2.05, 4.69) is 0 Å². The van der Waals surface area contributed by atoms with Crippen LogP contribution in [-0.4, -0.2) is 40.0 Å². The molecule has 0 bridgehead atoms. The standard InChI is InChI=1S/C12H12Cl2N2O4/c13-9-4-7(5-10(11(9)14)16(19)20)12(18)15-3-1-2-8(15)6-17/h4-5,8,17H,1-3,6H2/t8-/m1/s1. The van der Waals surface area contributed by atoms with Crippen LogP contribution in [0.25, 0.3) is 0 Å². The number of nitro groups is 1. The number of hydrogen-bond donors (Lipinski definition) is 1. The maximum absolute atomic E-state index is 12.3. The third-order valence-electron chi connectivity index (χ3n) is 3.30. The number of amides is 1. The highest BCUT2D eigenvalue weighted by molar-refractivity contribution is 6.43. The maximum atomic E-state index is 12.3. The van der Waals surface area contributed by atoms with Gasteiger partial charge in [0, 0.05) is 18.2 Å². The lowest BCUT2D eigenvalue weighted by Crippen LogP contribution is -2.37. The second-order valence-electron chi connectivity index (χ2n) is 4.53. The number of hydrogen-bond acceptors (Lipinski definition) is 4. The highest BCUT2D eigenvalue weighted by atomic mass is 35.5. The van der Waals surface area contributed by atoms with E-state index in [9.17, 15) is 20.0 Å². The van der Waals surface area contributed by atoms with Crippen LogP contribution in [0.3, 0.4) is 0 Å². The van der Waals surface area contributed by atoms with Crippen LogP contribution in [0, 0.1) is 10.1 Å². The summed E-state index contributed by atoms with van der Waals surface area (Å²) in [5.41, 5.74) is -0.297. The second-order valence-corrected chi connectivity index (χ2v) is 5.31. The Morgan fingerprint density at radius 2 is 2.20 bits per heavy atom. The van der Waals surface area contributed by atoms with Gasteiger partial charge in [-0.2, -0.15) is 0 Å². The lowest BCUT2D eigenvalue weighted by molar-refractivity contribution is -0.384. The first-order valence-electron chi connectivity index (χ1n) is 6.01. The number of rotatable bonds is 3. The van der Waals surface area contributed by atoms with E-state index in [0.29, 0.717) is 13.0 Å². The molecule has 1 aliphatic rings. The fourth-order valence-corrected chi connectivity index (χ4v) is 2.68. The van der Waals surface area contributed by atoms with Gasteiger partial charge in [-0.05, 0) is 18.9 Å². The zero-order chi connectivity index (χ0) is 14.9. The van der Waals surface area contributed by atoms with Crippen molar-refractivity contribution in [1.29, 1.82) is 0 Å². The van der Waals surface area contributed by atoms with Crippen molar-refractivity contribution < 1.29 is 14.8 Å². The Kier molecular flexibility index (Phi) is 4.47. The Hall–Kier alpha value is -1.37. The summed E-state index contributed by atoms with van der Waals surface area (Å²) in [6, 6.07) is 2.17. The van der Waals surface area contributed by atoms with Gasteiger partial charge >= 0.3 is 0 Å². The van der Waals surface area contributed by atoms with Crippen molar-refractivity contribution in [3.63, 3.8) is 0 Å². The smallest absolute Gasteiger partial charge is 0.290 e. The molecule has 1 aliphatic heterocycles. The predicted octanol–water partition coefficient (Wildman–Crippen LogP) is 2.50. The quantitative estimate of drug-likeness (QED) is 0.685. The van der Waals surface area contributed by atoms with Crippen LogP contribution in [0.1, 0.15) is 23.2 Å². The molecule has 0 aromatic heterocycles. The molecule has 1 fully saturated rings. The summed E-state index contributed by atoms with van der Waals surface area (Å²) in [6.45, 7) is 0.382.